The van der Waals surface area contributed by atoms with E-state index in [0.717, 1.165) is 38.1 Å². The van der Waals surface area contributed by atoms with Crippen LogP contribution < -0.4 is 33.4 Å². The summed E-state index contributed by atoms with van der Waals surface area (Å²) in [6.45, 7) is 10.6. The van der Waals surface area contributed by atoms with E-state index in [1.807, 2.05) is 23.1 Å². The highest BCUT2D eigenvalue weighted by Crippen LogP contribution is 2.45. The number of benzene rings is 2. The highest BCUT2D eigenvalue weighted by Gasteiger charge is 2.24. The van der Waals surface area contributed by atoms with Gasteiger partial charge in [0.25, 0.3) is 5.01 Å². The van der Waals surface area contributed by atoms with Crippen LogP contribution in [-0.4, -0.2) is 12.6 Å². The van der Waals surface area contributed by atoms with Gasteiger partial charge in [0.1, 0.15) is 17.0 Å². The SMILES string of the molecule is CCN1/C(=C/C=C2\CCCC(/C=C/c3sc4ccccc4[n+]3CC)=C2OC(C)C)Sc2ccccc21.[I-]. The number of hydrogen-bond acceptors (Lipinski definition) is 4. The third-order valence-corrected chi connectivity index (χ3v) is 8.85. The van der Waals surface area contributed by atoms with Crippen LogP contribution in [0.15, 0.2) is 93.6 Å². The third-order valence-electron chi connectivity index (χ3n) is 6.59. The normalized spacial score (nSPS) is 17.9. The second kappa shape index (κ2) is 12.7. The van der Waals surface area contributed by atoms with Crippen LogP contribution in [0.3, 0.4) is 0 Å². The van der Waals surface area contributed by atoms with Gasteiger partial charge >= 0.3 is 0 Å². The molecule has 0 unspecified atom stereocenters. The zero-order valence-corrected chi connectivity index (χ0v) is 25.8. The Balaban J connectivity index is 0.00000320. The predicted molar refractivity (Wildman–Crippen MR) is 155 cm³/mol. The van der Waals surface area contributed by atoms with Crippen LogP contribution in [-0.2, 0) is 11.3 Å². The lowest BCUT2D eigenvalue weighted by atomic mass is 9.92. The van der Waals surface area contributed by atoms with Gasteiger partial charge in [-0.1, -0.05) is 53.4 Å². The molecular formula is C31H35IN2OS2. The Labute approximate surface area is 246 Å². The van der Waals surface area contributed by atoms with Crippen LogP contribution in [0, 0.1) is 0 Å². The fourth-order valence-corrected chi connectivity index (χ4v) is 7.21. The first-order chi connectivity index (χ1) is 17.6. The maximum Gasteiger partial charge on any atom is 0.262 e. The molecule has 0 saturated carbocycles. The van der Waals surface area contributed by atoms with Gasteiger partial charge in [-0.25, -0.2) is 0 Å². The number of ether oxygens (including phenoxy) is 1. The Hall–Kier alpha value is -2.03. The topological polar surface area (TPSA) is 16.4 Å². The van der Waals surface area contributed by atoms with Crippen molar-refractivity contribution in [2.24, 2.45) is 0 Å². The van der Waals surface area contributed by atoms with E-state index >= 15 is 0 Å². The van der Waals surface area contributed by atoms with E-state index in [-0.39, 0.29) is 30.1 Å². The first-order valence-corrected chi connectivity index (χ1v) is 14.7. The minimum Gasteiger partial charge on any atom is -1.00 e. The van der Waals surface area contributed by atoms with Gasteiger partial charge in [0.15, 0.2) is 0 Å². The van der Waals surface area contributed by atoms with E-state index in [2.05, 4.69) is 110 Å². The summed E-state index contributed by atoms with van der Waals surface area (Å²) in [5.74, 6) is 1.07. The smallest absolute Gasteiger partial charge is 0.262 e. The van der Waals surface area contributed by atoms with Gasteiger partial charge in [0.2, 0.25) is 5.52 Å². The molecule has 0 radical (unpaired) electrons. The van der Waals surface area contributed by atoms with E-state index in [9.17, 15) is 0 Å². The molecule has 2 aliphatic rings. The summed E-state index contributed by atoms with van der Waals surface area (Å²) < 4.78 is 10.2. The molecule has 2 heterocycles. The van der Waals surface area contributed by atoms with E-state index in [4.69, 9.17) is 4.74 Å². The van der Waals surface area contributed by atoms with Gasteiger partial charge in [-0.2, -0.15) is 4.57 Å². The second-order valence-corrected chi connectivity index (χ2v) is 11.5. The van der Waals surface area contributed by atoms with Crippen LogP contribution in [0.1, 0.15) is 52.0 Å². The van der Waals surface area contributed by atoms with Crippen LogP contribution >= 0.6 is 23.1 Å². The molecule has 3 aromatic rings. The third kappa shape index (κ3) is 6.02. The minimum atomic E-state index is 0. The summed E-state index contributed by atoms with van der Waals surface area (Å²) in [4.78, 5) is 3.73. The summed E-state index contributed by atoms with van der Waals surface area (Å²) in [6, 6.07) is 17.3. The van der Waals surface area contributed by atoms with Crippen molar-refractivity contribution in [2.45, 2.75) is 64.5 Å². The molecule has 1 aromatic heterocycles. The molecule has 1 aliphatic heterocycles. The monoisotopic (exact) mass is 642 g/mol. The molecule has 0 spiro atoms. The number of thiazole rings is 1. The summed E-state index contributed by atoms with van der Waals surface area (Å²) in [5, 5.41) is 2.57. The van der Waals surface area contributed by atoms with E-state index in [0.29, 0.717) is 0 Å². The fraction of sp³-hybridized carbons (Fsp3) is 0.323. The maximum atomic E-state index is 6.46. The Bertz CT molecular complexity index is 1380. The average Bonchev–Trinajstić information content (AvgIpc) is 3.43. The van der Waals surface area contributed by atoms with Crippen molar-refractivity contribution in [2.75, 3.05) is 11.4 Å². The molecule has 0 atom stereocenters. The van der Waals surface area contributed by atoms with Crippen LogP contribution in [0.5, 0.6) is 0 Å². The van der Waals surface area contributed by atoms with E-state index < -0.39 is 0 Å². The zero-order chi connectivity index (χ0) is 25.1. The Morgan fingerprint density at radius 1 is 1.00 bits per heavy atom. The number of thioether (sulfide) groups is 1. The number of anilines is 1. The van der Waals surface area contributed by atoms with Gasteiger partial charge < -0.3 is 33.6 Å². The molecular weight excluding hydrogens is 607 g/mol. The molecule has 5 rings (SSSR count). The standard InChI is InChI=1S/C31H35N2OS2.HI/c1-5-32-25-14-7-9-16-27(25)35-29(32)20-18-23-12-11-13-24(31(23)34-22(3)4)19-21-30-33(6-2)26-15-8-10-17-28(26)36-30;/h7-10,14-22H,5-6,11-13H2,1-4H3;1H/q+1;/p-1. The zero-order valence-electron chi connectivity index (χ0n) is 22.0. The van der Waals surface area contributed by atoms with Gasteiger partial charge in [0.05, 0.1) is 16.8 Å². The van der Waals surface area contributed by atoms with Crippen molar-refractivity contribution in [3.05, 3.63) is 93.7 Å². The summed E-state index contributed by atoms with van der Waals surface area (Å²) >= 11 is 3.71. The Morgan fingerprint density at radius 3 is 2.57 bits per heavy atom. The summed E-state index contributed by atoms with van der Waals surface area (Å²) in [7, 11) is 0. The lowest BCUT2D eigenvalue weighted by molar-refractivity contribution is -0.665. The average molecular weight is 643 g/mol. The number of allylic oxidation sites excluding steroid dienone is 5. The molecule has 0 fully saturated rings. The Morgan fingerprint density at radius 2 is 1.78 bits per heavy atom. The molecule has 0 N–H and O–H groups in total. The molecule has 1 aliphatic carbocycles. The first kappa shape index (κ1) is 28.0. The molecule has 194 valence electrons. The van der Waals surface area contributed by atoms with Crippen molar-refractivity contribution < 1.29 is 33.3 Å². The number of hydrogen-bond donors (Lipinski definition) is 0. The first-order valence-electron chi connectivity index (χ1n) is 13.0. The molecule has 0 amide bonds. The number of aromatic nitrogens is 1. The molecule has 0 saturated heterocycles. The molecule has 3 nitrogen and oxygen atoms in total. The van der Waals surface area contributed by atoms with Crippen molar-refractivity contribution in [3.63, 3.8) is 0 Å². The quantitative estimate of drug-likeness (QED) is 0.251. The van der Waals surface area contributed by atoms with Gasteiger partial charge in [0, 0.05) is 23.6 Å². The lowest BCUT2D eigenvalue weighted by Gasteiger charge is -2.24. The fourth-order valence-electron chi connectivity index (χ4n) is 4.96. The largest absolute Gasteiger partial charge is 1.00 e. The highest BCUT2D eigenvalue weighted by molar-refractivity contribution is 8.03. The van der Waals surface area contributed by atoms with Crippen LogP contribution in [0.2, 0.25) is 0 Å². The van der Waals surface area contributed by atoms with Gasteiger partial charge in [-0.15, -0.1) is 0 Å². The minimum absolute atomic E-state index is 0. The van der Waals surface area contributed by atoms with Crippen molar-refractivity contribution >= 4 is 45.1 Å². The van der Waals surface area contributed by atoms with Gasteiger partial charge in [-0.05, 0) is 88.5 Å². The highest BCUT2D eigenvalue weighted by atomic mass is 127. The maximum absolute atomic E-state index is 6.46. The van der Waals surface area contributed by atoms with Crippen LogP contribution in [0.25, 0.3) is 16.3 Å². The second-order valence-electron chi connectivity index (χ2n) is 9.37. The molecule has 6 heteroatoms. The van der Waals surface area contributed by atoms with Gasteiger partial charge in [-0.3, -0.25) is 0 Å². The van der Waals surface area contributed by atoms with Crippen molar-refractivity contribution in [3.8, 4) is 0 Å². The van der Waals surface area contributed by atoms with Crippen LogP contribution in [0.4, 0.5) is 5.69 Å². The summed E-state index contributed by atoms with van der Waals surface area (Å²) in [5.41, 5.74) is 5.22. The number of aryl methyl sites for hydroxylation is 1. The number of halogens is 1. The Kier molecular flexibility index (Phi) is 9.59. The summed E-state index contributed by atoms with van der Waals surface area (Å²) in [6.07, 6.45) is 12.5. The predicted octanol–water partition coefficient (Wildman–Crippen LogP) is 5.49. The molecule has 0 bridgehead atoms. The van der Waals surface area contributed by atoms with Crippen molar-refractivity contribution in [1.29, 1.82) is 0 Å². The number of para-hydroxylation sites is 2. The van der Waals surface area contributed by atoms with E-state index in [1.54, 1.807) is 0 Å². The number of nitrogens with zero attached hydrogens (tertiary/aromatic N) is 2. The van der Waals surface area contributed by atoms with Crippen molar-refractivity contribution in [1.82, 2.24) is 0 Å². The number of fused-ring (bicyclic) bond motifs is 2. The van der Waals surface area contributed by atoms with E-state index in [1.165, 1.54) is 42.0 Å². The lowest BCUT2D eigenvalue weighted by Crippen LogP contribution is -3.00. The molecule has 37 heavy (non-hydrogen) atoms. The number of rotatable bonds is 7. The molecule has 2 aromatic carbocycles.